The third kappa shape index (κ3) is 3.82. The van der Waals surface area contributed by atoms with Crippen LogP contribution in [0.3, 0.4) is 0 Å². The first kappa shape index (κ1) is 14.5. The fourth-order valence-electron chi connectivity index (χ4n) is 2.72. The zero-order valence-corrected chi connectivity index (χ0v) is 12.7. The number of benzene rings is 2. The average Bonchev–Trinajstić information content (AvgIpc) is 2.64. The molecular formula is C19H22N2O. The Hall–Kier alpha value is -2.42. The van der Waals surface area contributed by atoms with Crippen LogP contribution in [-0.4, -0.2) is 13.1 Å². The third-order valence-electron chi connectivity index (χ3n) is 3.90. The summed E-state index contributed by atoms with van der Waals surface area (Å²) in [4.78, 5) is 7.56. The molecule has 0 saturated carbocycles. The van der Waals surface area contributed by atoms with Crippen LogP contribution in [0.2, 0.25) is 0 Å². The van der Waals surface area contributed by atoms with Gasteiger partial charge in [-0.15, -0.1) is 0 Å². The fraction of sp³-hybridized carbons (Fsp3) is 0.263. The number of hydrogen-bond acceptors (Lipinski definition) is 3. The van der Waals surface area contributed by atoms with Crippen LogP contribution in [-0.2, 0) is 0 Å². The Kier molecular flexibility index (Phi) is 4.98. The molecule has 114 valence electrons. The van der Waals surface area contributed by atoms with E-state index in [4.69, 9.17) is 4.84 Å². The Morgan fingerprint density at radius 3 is 2.32 bits per heavy atom. The quantitative estimate of drug-likeness (QED) is 0.851. The number of para-hydroxylation sites is 2. The van der Waals surface area contributed by atoms with Gasteiger partial charge < -0.3 is 9.74 Å². The number of piperidine rings is 1. The van der Waals surface area contributed by atoms with E-state index in [9.17, 15) is 0 Å². The Labute approximate surface area is 132 Å². The summed E-state index contributed by atoms with van der Waals surface area (Å²) in [7, 11) is 0. The van der Waals surface area contributed by atoms with Crippen molar-refractivity contribution in [2.45, 2.75) is 19.3 Å². The maximum atomic E-state index is 5.09. The molecule has 2 aromatic rings. The minimum atomic E-state index is 0.880. The molecule has 0 unspecified atom stereocenters. The molecule has 0 bridgehead atoms. The van der Waals surface area contributed by atoms with Crippen molar-refractivity contribution in [2.24, 2.45) is 0 Å². The van der Waals surface area contributed by atoms with E-state index in [1.165, 1.54) is 38.0 Å². The number of hydrogen-bond donors (Lipinski definition) is 1. The van der Waals surface area contributed by atoms with Crippen molar-refractivity contribution in [3.8, 4) is 5.75 Å². The first-order valence-electron chi connectivity index (χ1n) is 7.91. The summed E-state index contributed by atoms with van der Waals surface area (Å²) >= 11 is 0. The van der Waals surface area contributed by atoms with Gasteiger partial charge in [0.05, 0.1) is 0 Å². The van der Waals surface area contributed by atoms with E-state index in [0.717, 1.165) is 11.3 Å². The van der Waals surface area contributed by atoms with Crippen molar-refractivity contribution < 1.29 is 4.84 Å². The predicted molar refractivity (Wildman–Crippen MR) is 91.7 cm³/mol. The number of nitrogens with one attached hydrogen (secondary N) is 1. The lowest BCUT2D eigenvalue weighted by molar-refractivity contribution is 0.239. The van der Waals surface area contributed by atoms with Crippen LogP contribution in [0.5, 0.6) is 5.75 Å². The second-order valence-electron chi connectivity index (χ2n) is 5.47. The van der Waals surface area contributed by atoms with Crippen LogP contribution in [0, 0.1) is 0 Å². The third-order valence-corrected chi connectivity index (χ3v) is 3.90. The van der Waals surface area contributed by atoms with Crippen LogP contribution in [0.15, 0.2) is 60.8 Å². The molecule has 0 radical (unpaired) electrons. The van der Waals surface area contributed by atoms with Crippen LogP contribution in [0.4, 0.5) is 5.69 Å². The van der Waals surface area contributed by atoms with Crippen LogP contribution < -0.4 is 15.2 Å². The van der Waals surface area contributed by atoms with Gasteiger partial charge in [0.15, 0.2) is 5.75 Å². The Bertz CT molecular complexity index is 604. The lowest BCUT2D eigenvalue weighted by atomic mass is 10.1. The molecule has 0 atom stereocenters. The van der Waals surface area contributed by atoms with Gasteiger partial charge in [-0.05, 0) is 43.5 Å². The zero-order valence-electron chi connectivity index (χ0n) is 12.7. The summed E-state index contributed by atoms with van der Waals surface area (Å²) in [6.07, 6.45) is 7.86. The van der Waals surface area contributed by atoms with Gasteiger partial charge in [-0.2, -0.15) is 0 Å². The topological polar surface area (TPSA) is 24.5 Å². The monoisotopic (exact) mass is 294 g/mol. The summed E-state index contributed by atoms with van der Waals surface area (Å²) in [6.45, 7) is 2.48. The number of anilines is 1. The summed E-state index contributed by atoms with van der Waals surface area (Å²) in [5.41, 5.74) is 5.16. The maximum absolute atomic E-state index is 5.09. The molecule has 1 fully saturated rings. The Morgan fingerprint density at radius 2 is 1.55 bits per heavy atom. The molecule has 2 heterocycles. The van der Waals surface area contributed by atoms with E-state index < -0.39 is 0 Å². The van der Waals surface area contributed by atoms with Gasteiger partial charge in [0.1, 0.15) is 0 Å². The Balaban J connectivity index is 0.000000133. The van der Waals surface area contributed by atoms with Crippen molar-refractivity contribution >= 4 is 11.8 Å². The summed E-state index contributed by atoms with van der Waals surface area (Å²) in [5.74, 6) is 0.880. The highest BCUT2D eigenvalue weighted by molar-refractivity contribution is 5.58. The van der Waals surface area contributed by atoms with Gasteiger partial charge in [0.25, 0.3) is 0 Å². The average molecular weight is 294 g/mol. The molecule has 22 heavy (non-hydrogen) atoms. The molecule has 0 aliphatic carbocycles. The predicted octanol–water partition coefficient (Wildman–Crippen LogP) is 4.23. The van der Waals surface area contributed by atoms with E-state index >= 15 is 0 Å². The van der Waals surface area contributed by atoms with Gasteiger partial charge >= 0.3 is 0 Å². The normalized spacial score (nSPS) is 15.7. The largest absolute Gasteiger partial charge is 0.382 e. The van der Waals surface area contributed by atoms with E-state index in [2.05, 4.69) is 40.7 Å². The molecule has 4 rings (SSSR count). The van der Waals surface area contributed by atoms with Crippen molar-refractivity contribution in [3.05, 3.63) is 66.4 Å². The molecule has 1 saturated heterocycles. The van der Waals surface area contributed by atoms with Crippen molar-refractivity contribution in [3.63, 3.8) is 0 Å². The smallest absolute Gasteiger partial charge is 0.162 e. The summed E-state index contributed by atoms with van der Waals surface area (Å²) in [5, 5.41) is 0. The first-order valence-corrected chi connectivity index (χ1v) is 7.91. The van der Waals surface area contributed by atoms with Crippen LogP contribution in [0.1, 0.15) is 24.8 Å². The Morgan fingerprint density at radius 1 is 0.818 bits per heavy atom. The molecule has 0 aromatic heterocycles. The summed E-state index contributed by atoms with van der Waals surface area (Å²) in [6, 6.07) is 18.6. The number of rotatable bonds is 1. The number of fused-ring (bicyclic) bond motifs is 1. The SMILES string of the molecule is C1=Cc2ccccc2ON1.c1ccc(N2CCCCC2)cc1. The van der Waals surface area contributed by atoms with E-state index in [1.807, 2.05) is 30.3 Å². The molecule has 3 nitrogen and oxygen atoms in total. The molecule has 2 aliphatic rings. The molecule has 3 heteroatoms. The lowest BCUT2D eigenvalue weighted by Gasteiger charge is -2.28. The minimum absolute atomic E-state index is 0.880. The van der Waals surface area contributed by atoms with E-state index in [-0.39, 0.29) is 0 Å². The van der Waals surface area contributed by atoms with Crippen molar-refractivity contribution in [1.29, 1.82) is 0 Å². The second kappa shape index (κ2) is 7.55. The van der Waals surface area contributed by atoms with Crippen molar-refractivity contribution in [2.75, 3.05) is 18.0 Å². The van der Waals surface area contributed by atoms with Gasteiger partial charge in [-0.3, -0.25) is 0 Å². The molecule has 1 N–H and O–H groups in total. The molecule has 0 spiro atoms. The molecule has 2 aromatic carbocycles. The van der Waals surface area contributed by atoms with Gasteiger partial charge in [0, 0.05) is 30.5 Å². The highest BCUT2D eigenvalue weighted by Gasteiger charge is 2.09. The van der Waals surface area contributed by atoms with Crippen molar-refractivity contribution in [1.82, 2.24) is 5.48 Å². The van der Waals surface area contributed by atoms with Crippen LogP contribution in [0.25, 0.3) is 6.08 Å². The fourth-order valence-corrected chi connectivity index (χ4v) is 2.72. The zero-order chi connectivity index (χ0) is 15.0. The molecular weight excluding hydrogens is 272 g/mol. The van der Waals surface area contributed by atoms with Gasteiger partial charge in [-0.25, -0.2) is 5.48 Å². The minimum Gasteiger partial charge on any atom is -0.382 e. The molecule has 0 amide bonds. The van der Waals surface area contributed by atoms with E-state index in [0.29, 0.717) is 0 Å². The maximum Gasteiger partial charge on any atom is 0.162 e. The second-order valence-corrected chi connectivity index (χ2v) is 5.47. The standard InChI is InChI=1S/C11H15N.C8H7NO/c1-3-7-11(8-4-1)12-9-5-2-6-10-12;1-2-4-8-7(3-1)5-6-9-10-8/h1,3-4,7-8H,2,5-6,9-10H2;1-6,9H. The highest BCUT2D eigenvalue weighted by Crippen LogP contribution is 2.20. The first-order chi connectivity index (χ1) is 10.9. The number of nitrogens with zero attached hydrogens (tertiary/aromatic N) is 1. The van der Waals surface area contributed by atoms with Gasteiger partial charge in [0.2, 0.25) is 0 Å². The highest BCUT2D eigenvalue weighted by atomic mass is 16.6. The molecule has 2 aliphatic heterocycles. The van der Waals surface area contributed by atoms with E-state index in [1.54, 1.807) is 6.20 Å². The number of hydroxylamine groups is 1. The lowest BCUT2D eigenvalue weighted by Crippen LogP contribution is -2.29. The van der Waals surface area contributed by atoms with Gasteiger partial charge in [-0.1, -0.05) is 36.4 Å². The summed E-state index contributed by atoms with van der Waals surface area (Å²) < 4.78 is 0. The van der Waals surface area contributed by atoms with Crippen LogP contribution >= 0.6 is 0 Å².